The van der Waals surface area contributed by atoms with Gasteiger partial charge in [-0.25, -0.2) is 4.98 Å². The number of carbonyl (C=O) groups is 1. The minimum atomic E-state index is -3.75. The quantitative estimate of drug-likeness (QED) is 0.916. The summed E-state index contributed by atoms with van der Waals surface area (Å²) in [7, 11) is -3.75. The number of amides is 1. The second kappa shape index (κ2) is 6.49. The molecule has 7 nitrogen and oxygen atoms in total. The Hall–Kier alpha value is -2.22. The highest BCUT2D eigenvalue weighted by molar-refractivity contribution is 7.89. The molecular formula is C15H18N4O3S. The molecule has 0 unspecified atom stereocenters. The molecule has 1 saturated carbocycles. The number of hydrogen-bond acceptors (Lipinski definition) is 5. The lowest BCUT2D eigenvalue weighted by Crippen LogP contribution is -2.36. The molecule has 1 amide bonds. The molecular weight excluding hydrogens is 316 g/mol. The minimum Gasteiger partial charge on any atom is -0.349 e. The summed E-state index contributed by atoms with van der Waals surface area (Å²) in [6.45, 7) is 0. The molecule has 0 radical (unpaired) electrons. The van der Waals surface area contributed by atoms with Crippen molar-refractivity contribution in [1.82, 2.24) is 19.5 Å². The van der Waals surface area contributed by atoms with Crippen LogP contribution in [-0.2, 0) is 10.0 Å². The van der Waals surface area contributed by atoms with Gasteiger partial charge in [-0.1, -0.05) is 19.3 Å². The Kier molecular flexibility index (Phi) is 4.42. The fourth-order valence-electron chi connectivity index (χ4n) is 2.72. The van der Waals surface area contributed by atoms with Crippen molar-refractivity contribution < 1.29 is 13.2 Å². The number of benzene rings is 1. The van der Waals surface area contributed by atoms with Gasteiger partial charge in [0.25, 0.3) is 15.9 Å². The topological polar surface area (TPSA) is 94.0 Å². The van der Waals surface area contributed by atoms with Gasteiger partial charge in [0.2, 0.25) is 0 Å². The second-order valence-corrected chi connectivity index (χ2v) is 7.40. The Balaban J connectivity index is 1.73. The molecule has 3 rings (SSSR count). The highest BCUT2D eigenvalue weighted by Gasteiger charge is 2.19. The van der Waals surface area contributed by atoms with Crippen molar-refractivity contribution in [2.24, 2.45) is 0 Å². The van der Waals surface area contributed by atoms with Crippen LogP contribution in [0.1, 0.15) is 42.5 Å². The summed E-state index contributed by atoms with van der Waals surface area (Å²) in [5.74, 6) is -0.165. The van der Waals surface area contributed by atoms with E-state index < -0.39 is 10.0 Å². The van der Waals surface area contributed by atoms with Crippen molar-refractivity contribution in [3.63, 3.8) is 0 Å². The molecule has 1 aromatic carbocycles. The Labute approximate surface area is 134 Å². The van der Waals surface area contributed by atoms with Crippen LogP contribution in [0.4, 0.5) is 0 Å². The molecule has 122 valence electrons. The highest BCUT2D eigenvalue weighted by atomic mass is 32.2. The maximum Gasteiger partial charge on any atom is 0.284 e. The van der Waals surface area contributed by atoms with Gasteiger partial charge in [0.15, 0.2) is 0 Å². The fraction of sp³-hybridized carbons (Fsp3) is 0.400. The molecule has 1 aliphatic rings. The van der Waals surface area contributed by atoms with E-state index in [9.17, 15) is 13.2 Å². The van der Waals surface area contributed by atoms with Crippen LogP contribution in [-0.4, -0.2) is 34.5 Å². The average Bonchev–Trinajstić information content (AvgIpc) is 3.11. The van der Waals surface area contributed by atoms with Gasteiger partial charge in [0, 0.05) is 11.6 Å². The van der Waals surface area contributed by atoms with Crippen molar-refractivity contribution in [3.8, 4) is 0 Å². The lowest BCUT2D eigenvalue weighted by Gasteiger charge is -2.22. The lowest BCUT2D eigenvalue weighted by atomic mass is 9.95. The van der Waals surface area contributed by atoms with Crippen molar-refractivity contribution in [2.75, 3.05) is 0 Å². The fourth-order valence-corrected chi connectivity index (χ4v) is 3.76. The van der Waals surface area contributed by atoms with E-state index in [1.807, 2.05) is 0 Å². The third kappa shape index (κ3) is 3.42. The molecule has 0 aliphatic heterocycles. The van der Waals surface area contributed by atoms with E-state index >= 15 is 0 Å². The molecule has 8 heteroatoms. The van der Waals surface area contributed by atoms with E-state index in [-0.39, 0.29) is 16.8 Å². The first-order valence-corrected chi connectivity index (χ1v) is 9.02. The van der Waals surface area contributed by atoms with Crippen LogP contribution >= 0.6 is 0 Å². The van der Waals surface area contributed by atoms with Crippen LogP contribution in [0, 0.1) is 0 Å². The Morgan fingerprint density at radius 3 is 2.43 bits per heavy atom. The van der Waals surface area contributed by atoms with E-state index in [0.717, 1.165) is 42.4 Å². The summed E-state index contributed by atoms with van der Waals surface area (Å²) >= 11 is 0. The smallest absolute Gasteiger partial charge is 0.284 e. The van der Waals surface area contributed by atoms with Crippen molar-refractivity contribution in [2.45, 2.75) is 43.0 Å². The lowest BCUT2D eigenvalue weighted by molar-refractivity contribution is 0.0927. The van der Waals surface area contributed by atoms with Crippen molar-refractivity contribution in [3.05, 3.63) is 42.5 Å². The SMILES string of the molecule is O=C(NC1CCCCC1)c1ccc(S(=O)(=O)n2cncn2)cc1. The summed E-state index contributed by atoms with van der Waals surface area (Å²) in [5.41, 5.74) is 0.452. The first-order valence-electron chi connectivity index (χ1n) is 7.58. The van der Waals surface area contributed by atoms with Gasteiger partial charge in [-0.15, -0.1) is 9.19 Å². The molecule has 0 saturated heterocycles. The molecule has 2 aromatic rings. The normalized spacial score (nSPS) is 16.2. The standard InChI is InChI=1S/C15H18N4O3S/c20-15(18-13-4-2-1-3-5-13)12-6-8-14(9-7-12)23(21,22)19-11-16-10-17-19/h6-11,13H,1-5H2,(H,18,20). The maximum atomic E-state index is 12.3. The number of rotatable bonds is 4. The molecule has 1 N–H and O–H groups in total. The van der Waals surface area contributed by atoms with Gasteiger partial charge in [-0.3, -0.25) is 4.79 Å². The van der Waals surface area contributed by atoms with Gasteiger partial charge in [0.1, 0.15) is 12.7 Å². The summed E-state index contributed by atoms with van der Waals surface area (Å²) < 4.78 is 25.3. The van der Waals surface area contributed by atoms with Crippen LogP contribution in [0.25, 0.3) is 0 Å². The van der Waals surface area contributed by atoms with Gasteiger partial charge >= 0.3 is 0 Å². The zero-order valence-electron chi connectivity index (χ0n) is 12.6. The summed E-state index contributed by atoms with van der Waals surface area (Å²) in [4.78, 5) is 15.9. The monoisotopic (exact) mass is 334 g/mol. The Morgan fingerprint density at radius 2 is 1.83 bits per heavy atom. The van der Waals surface area contributed by atoms with E-state index in [1.54, 1.807) is 0 Å². The Morgan fingerprint density at radius 1 is 1.13 bits per heavy atom. The van der Waals surface area contributed by atoms with E-state index in [1.165, 1.54) is 30.7 Å². The largest absolute Gasteiger partial charge is 0.349 e. The number of aromatic nitrogens is 3. The maximum absolute atomic E-state index is 12.3. The summed E-state index contributed by atoms with van der Waals surface area (Å²) in [6.07, 6.45) is 7.79. The zero-order valence-corrected chi connectivity index (χ0v) is 13.4. The first-order chi connectivity index (χ1) is 11.1. The number of carbonyl (C=O) groups excluding carboxylic acids is 1. The molecule has 0 bridgehead atoms. The predicted molar refractivity (Wildman–Crippen MR) is 83.4 cm³/mol. The third-order valence-corrected chi connectivity index (χ3v) is 5.55. The van der Waals surface area contributed by atoms with Gasteiger partial charge in [0.05, 0.1) is 4.90 Å². The van der Waals surface area contributed by atoms with Gasteiger partial charge < -0.3 is 5.32 Å². The molecule has 1 aromatic heterocycles. The average molecular weight is 334 g/mol. The van der Waals surface area contributed by atoms with Crippen LogP contribution in [0.15, 0.2) is 41.8 Å². The molecule has 23 heavy (non-hydrogen) atoms. The predicted octanol–water partition coefficient (Wildman–Crippen LogP) is 1.58. The van der Waals surface area contributed by atoms with E-state index in [2.05, 4.69) is 15.4 Å². The second-order valence-electron chi connectivity index (χ2n) is 5.61. The van der Waals surface area contributed by atoms with Crippen molar-refractivity contribution in [1.29, 1.82) is 0 Å². The van der Waals surface area contributed by atoms with Gasteiger partial charge in [-0.2, -0.15) is 8.42 Å². The molecule has 1 heterocycles. The van der Waals surface area contributed by atoms with Crippen LogP contribution < -0.4 is 5.32 Å². The number of nitrogens with one attached hydrogen (secondary N) is 1. The van der Waals surface area contributed by atoms with Crippen LogP contribution in [0.3, 0.4) is 0 Å². The summed E-state index contributed by atoms with van der Waals surface area (Å²) in [6, 6.07) is 6.07. The number of nitrogens with zero attached hydrogens (tertiary/aromatic N) is 3. The third-order valence-electron chi connectivity index (χ3n) is 4.00. The van der Waals surface area contributed by atoms with Crippen LogP contribution in [0.5, 0.6) is 0 Å². The van der Waals surface area contributed by atoms with E-state index in [0.29, 0.717) is 5.56 Å². The Bertz CT molecular complexity index is 764. The van der Waals surface area contributed by atoms with Crippen molar-refractivity contribution >= 4 is 15.9 Å². The highest BCUT2D eigenvalue weighted by Crippen LogP contribution is 2.18. The molecule has 1 fully saturated rings. The minimum absolute atomic E-state index is 0.0669. The molecule has 0 spiro atoms. The molecule has 1 aliphatic carbocycles. The number of hydrogen-bond donors (Lipinski definition) is 1. The van der Waals surface area contributed by atoms with Crippen LogP contribution in [0.2, 0.25) is 0 Å². The van der Waals surface area contributed by atoms with E-state index in [4.69, 9.17) is 0 Å². The van der Waals surface area contributed by atoms with Gasteiger partial charge in [-0.05, 0) is 37.1 Å². The zero-order chi connectivity index (χ0) is 16.3. The first kappa shape index (κ1) is 15.7. The summed E-state index contributed by atoms with van der Waals surface area (Å²) in [5, 5.41) is 6.64. The molecule has 0 atom stereocenters.